The Balaban J connectivity index is 1.38. The van der Waals surface area contributed by atoms with Gasteiger partial charge in [-0.1, -0.05) is 17.7 Å². The van der Waals surface area contributed by atoms with Crippen molar-refractivity contribution in [2.75, 3.05) is 57.4 Å². The Morgan fingerprint density at radius 1 is 1.11 bits per heavy atom. The predicted molar refractivity (Wildman–Crippen MR) is 108 cm³/mol. The average Bonchev–Trinajstić information content (AvgIpc) is 2.73. The van der Waals surface area contributed by atoms with E-state index >= 15 is 0 Å². The third-order valence-corrected chi connectivity index (χ3v) is 6.19. The number of morpholine rings is 1. The molecule has 0 aromatic heterocycles. The molecular formula is C22H31N3O3. The SMILES string of the molecule is Cc1ccc2c(c1)CCCN2C(=O)CN1CCC[C@@H](C(=O)N2CCOCC2)C1. The van der Waals surface area contributed by atoms with Gasteiger partial charge in [0.15, 0.2) is 0 Å². The minimum Gasteiger partial charge on any atom is -0.378 e. The summed E-state index contributed by atoms with van der Waals surface area (Å²) >= 11 is 0. The second kappa shape index (κ2) is 8.62. The van der Waals surface area contributed by atoms with Gasteiger partial charge in [-0.05, 0) is 50.8 Å². The van der Waals surface area contributed by atoms with Crippen molar-refractivity contribution in [2.45, 2.75) is 32.6 Å². The van der Waals surface area contributed by atoms with Crippen LogP contribution in [0.1, 0.15) is 30.4 Å². The Morgan fingerprint density at radius 2 is 1.93 bits per heavy atom. The first kappa shape index (κ1) is 19.4. The summed E-state index contributed by atoms with van der Waals surface area (Å²) < 4.78 is 5.36. The Bertz CT molecular complexity index is 730. The second-order valence-corrected chi connectivity index (χ2v) is 8.29. The molecule has 2 fully saturated rings. The number of piperidine rings is 1. The number of fused-ring (bicyclic) bond motifs is 1. The molecule has 2 amide bonds. The highest BCUT2D eigenvalue weighted by atomic mass is 16.5. The number of carbonyl (C=O) groups excluding carboxylic acids is 2. The van der Waals surface area contributed by atoms with Crippen LogP contribution in [-0.2, 0) is 20.7 Å². The lowest BCUT2D eigenvalue weighted by molar-refractivity contribution is -0.142. The van der Waals surface area contributed by atoms with Gasteiger partial charge in [0.05, 0.1) is 25.7 Å². The van der Waals surface area contributed by atoms with Gasteiger partial charge in [0.25, 0.3) is 0 Å². The minimum absolute atomic E-state index is 0.0101. The first-order chi connectivity index (χ1) is 13.6. The van der Waals surface area contributed by atoms with E-state index in [9.17, 15) is 9.59 Å². The lowest BCUT2D eigenvalue weighted by Gasteiger charge is -2.37. The zero-order chi connectivity index (χ0) is 19.5. The van der Waals surface area contributed by atoms with Gasteiger partial charge >= 0.3 is 0 Å². The van der Waals surface area contributed by atoms with Crippen LogP contribution in [0.4, 0.5) is 5.69 Å². The van der Waals surface area contributed by atoms with E-state index in [1.165, 1.54) is 11.1 Å². The van der Waals surface area contributed by atoms with E-state index in [1.54, 1.807) is 0 Å². The zero-order valence-electron chi connectivity index (χ0n) is 16.9. The molecule has 1 aromatic rings. The van der Waals surface area contributed by atoms with Crippen LogP contribution in [0.3, 0.4) is 0 Å². The fraction of sp³-hybridized carbons (Fsp3) is 0.636. The van der Waals surface area contributed by atoms with Crippen LogP contribution in [0.5, 0.6) is 0 Å². The van der Waals surface area contributed by atoms with Gasteiger partial charge in [-0.25, -0.2) is 0 Å². The maximum atomic E-state index is 13.1. The van der Waals surface area contributed by atoms with Crippen molar-refractivity contribution in [3.8, 4) is 0 Å². The quantitative estimate of drug-likeness (QED) is 0.797. The lowest BCUT2D eigenvalue weighted by Crippen LogP contribution is -2.50. The third kappa shape index (κ3) is 4.23. The van der Waals surface area contributed by atoms with Gasteiger partial charge in [-0.2, -0.15) is 0 Å². The number of carbonyl (C=O) groups is 2. The van der Waals surface area contributed by atoms with Gasteiger partial charge in [-0.15, -0.1) is 0 Å². The van der Waals surface area contributed by atoms with Crippen molar-refractivity contribution in [3.63, 3.8) is 0 Å². The highest BCUT2D eigenvalue weighted by molar-refractivity contribution is 5.96. The Hall–Kier alpha value is -1.92. The van der Waals surface area contributed by atoms with E-state index in [4.69, 9.17) is 4.74 Å². The number of hydrogen-bond donors (Lipinski definition) is 0. The molecule has 4 rings (SSSR count). The molecule has 1 atom stereocenters. The first-order valence-electron chi connectivity index (χ1n) is 10.6. The van der Waals surface area contributed by atoms with Crippen LogP contribution in [0, 0.1) is 12.8 Å². The summed E-state index contributed by atoms with van der Waals surface area (Å²) in [7, 11) is 0. The number of aryl methyl sites for hydroxylation is 2. The Morgan fingerprint density at radius 3 is 2.75 bits per heavy atom. The third-order valence-electron chi connectivity index (χ3n) is 6.19. The second-order valence-electron chi connectivity index (χ2n) is 8.29. The molecule has 0 N–H and O–H groups in total. The number of benzene rings is 1. The number of anilines is 1. The summed E-state index contributed by atoms with van der Waals surface area (Å²) in [4.78, 5) is 32.0. The van der Waals surface area contributed by atoms with Gasteiger partial charge < -0.3 is 14.5 Å². The molecule has 6 nitrogen and oxygen atoms in total. The highest BCUT2D eigenvalue weighted by Crippen LogP contribution is 2.28. The maximum absolute atomic E-state index is 13.1. The monoisotopic (exact) mass is 385 g/mol. The Labute approximate surface area is 167 Å². The van der Waals surface area contributed by atoms with Crippen molar-refractivity contribution < 1.29 is 14.3 Å². The molecule has 0 bridgehead atoms. The van der Waals surface area contributed by atoms with Crippen LogP contribution in [0.25, 0.3) is 0 Å². The molecule has 6 heteroatoms. The number of ether oxygens (including phenoxy) is 1. The van der Waals surface area contributed by atoms with E-state index in [1.807, 2.05) is 9.80 Å². The molecule has 3 aliphatic heterocycles. The molecule has 3 heterocycles. The standard InChI is InChI=1S/C22H31N3O3/c1-17-6-7-20-18(14-17)4-3-9-25(20)21(26)16-23-8-2-5-19(15-23)22(27)24-10-12-28-13-11-24/h6-7,14,19H,2-5,8-13,15-16H2,1H3/t19-/m1/s1. The number of nitrogens with zero attached hydrogens (tertiary/aromatic N) is 3. The number of hydrogen-bond acceptors (Lipinski definition) is 4. The lowest BCUT2D eigenvalue weighted by atomic mass is 9.96. The van der Waals surface area contributed by atoms with Gasteiger partial charge in [0, 0.05) is 31.9 Å². The molecule has 2 saturated heterocycles. The fourth-order valence-electron chi connectivity index (χ4n) is 4.70. The molecule has 0 aliphatic carbocycles. The zero-order valence-corrected chi connectivity index (χ0v) is 16.9. The minimum atomic E-state index is 0.0101. The summed E-state index contributed by atoms with van der Waals surface area (Å²) in [6, 6.07) is 6.37. The van der Waals surface area contributed by atoms with Crippen molar-refractivity contribution in [1.29, 1.82) is 0 Å². The van der Waals surface area contributed by atoms with E-state index in [-0.39, 0.29) is 17.7 Å². The maximum Gasteiger partial charge on any atom is 0.241 e. The number of likely N-dealkylation sites (tertiary alicyclic amines) is 1. The van der Waals surface area contributed by atoms with E-state index in [0.29, 0.717) is 39.4 Å². The molecule has 3 aliphatic rings. The van der Waals surface area contributed by atoms with E-state index in [2.05, 4.69) is 30.0 Å². The Kier molecular flexibility index (Phi) is 5.97. The predicted octanol–water partition coefficient (Wildman–Crippen LogP) is 1.85. The smallest absolute Gasteiger partial charge is 0.241 e. The molecular weight excluding hydrogens is 354 g/mol. The van der Waals surface area contributed by atoms with Crippen molar-refractivity contribution >= 4 is 17.5 Å². The summed E-state index contributed by atoms with van der Waals surface area (Å²) in [5, 5.41) is 0. The summed E-state index contributed by atoms with van der Waals surface area (Å²) in [5.74, 6) is 0.402. The molecule has 0 radical (unpaired) electrons. The van der Waals surface area contributed by atoms with Crippen LogP contribution in [0.2, 0.25) is 0 Å². The van der Waals surface area contributed by atoms with E-state index < -0.39 is 0 Å². The van der Waals surface area contributed by atoms with Crippen LogP contribution >= 0.6 is 0 Å². The van der Waals surface area contributed by atoms with Gasteiger partial charge in [-0.3, -0.25) is 14.5 Å². The highest BCUT2D eigenvalue weighted by Gasteiger charge is 2.32. The van der Waals surface area contributed by atoms with Crippen LogP contribution in [0.15, 0.2) is 18.2 Å². The number of rotatable bonds is 3. The molecule has 28 heavy (non-hydrogen) atoms. The normalized spacial score (nSPS) is 23.4. The summed E-state index contributed by atoms with van der Waals surface area (Å²) in [6.07, 6.45) is 3.96. The van der Waals surface area contributed by atoms with Gasteiger partial charge in [0.1, 0.15) is 0 Å². The van der Waals surface area contributed by atoms with Crippen molar-refractivity contribution in [3.05, 3.63) is 29.3 Å². The van der Waals surface area contributed by atoms with Crippen LogP contribution in [-0.4, -0.2) is 74.1 Å². The summed E-state index contributed by atoms with van der Waals surface area (Å²) in [6.45, 7) is 7.53. The van der Waals surface area contributed by atoms with Crippen molar-refractivity contribution in [2.24, 2.45) is 5.92 Å². The molecule has 0 unspecified atom stereocenters. The first-order valence-corrected chi connectivity index (χ1v) is 10.6. The fourth-order valence-corrected chi connectivity index (χ4v) is 4.70. The van der Waals surface area contributed by atoms with Crippen molar-refractivity contribution in [1.82, 2.24) is 9.80 Å². The van der Waals surface area contributed by atoms with Crippen LogP contribution < -0.4 is 4.90 Å². The average molecular weight is 386 g/mol. The molecule has 0 spiro atoms. The molecule has 0 saturated carbocycles. The van der Waals surface area contributed by atoms with Gasteiger partial charge in [0.2, 0.25) is 11.8 Å². The summed E-state index contributed by atoms with van der Waals surface area (Å²) in [5.41, 5.74) is 3.59. The van der Waals surface area contributed by atoms with E-state index in [0.717, 1.165) is 44.5 Å². The molecule has 1 aromatic carbocycles. The molecule has 152 valence electrons. The largest absolute Gasteiger partial charge is 0.378 e. The topological polar surface area (TPSA) is 53.1 Å². The number of amides is 2.